The summed E-state index contributed by atoms with van der Waals surface area (Å²) in [6, 6.07) is 22.1. The van der Waals surface area contributed by atoms with E-state index in [4.69, 9.17) is 14.5 Å². The van der Waals surface area contributed by atoms with Gasteiger partial charge in [-0.3, -0.25) is 4.79 Å². The zero-order valence-corrected chi connectivity index (χ0v) is 20.4. The zero-order valence-electron chi connectivity index (χ0n) is 20.4. The molecule has 4 aromatic rings. The number of rotatable bonds is 10. The predicted octanol–water partition coefficient (Wildman–Crippen LogP) is 5.56. The molecule has 0 bridgehead atoms. The summed E-state index contributed by atoms with van der Waals surface area (Å²) < 4.78 is 26.7. The fraction of sp³-hybridized carbons (Fsp3) is 0.310. The van der Waals surface area contributed by atoms with Gasteiger partial charge >= 0.3 is 0 Å². The van der Waals surface area contributed by atoms with Crippen molar-refractivity contribution in [3.8, 4) is 11.5 Å². The molecule has 3 aromatic carbocycles. The second-order valence-electron chi connectivity index (χ2n) is 9.15. The Bertz CT molecular complexity index is 1340. The standard InChI is InChI=1S/C29H30FN3O3/c1-35-24-7-6-8-25(18-24)36-16-5-4-15-33-27-10-3-2-9-26(27)31-29(33)22-17-28(34)32(20-22)19-21-11-13-23(30)14-12-21/h2-3,6-14,18,22H,4-5,15-17,19-20H2,1H3. The first-order chi connectivity index (χ1) is 17.6. The highest BCUT2D eigenvalue weighted by molar-refractivity contribution is 5.81. The molecule has 0 saturated carbocycles. The number of para-hydroxylation sites is 2. The first kappa shape index (κ1) is 23.9. The maximum absolute atomic E-state index is 13.3. The Hall–Kier alpha value is -3.87. The van der Waals surface area contributed by atoms with Crippen LogP contribution in [0.4, 0.5) is 4.39 Å². The topological polar surface area (TPSA) is 56.6 Å². The van der Waals surface area contributed by atoms with Gasteiger partial charge in [-0.25, -0.2) is 9.37 Å². The number of hydrogen-bond donors (Lipinski definition) is 0. The van der Waals surface area contributed by atoms with E-state index in [1.807, 2.05) is 47.4 Å². The van der Waals surface area contributed by atoms with Crippen molar-refractivity contribution in [1.29, 1.82) is 0 Å². The normalized spacial score (nSPS) is 15.6. The molecule has 1 amide bonds. The van der Waals surface area contributed by atoms with Crippen LogP contribution in [0.1, 0.15) is 36.6 Å². The van der Waals surface area contributed by atoms with Gasteiger partial charge in [0.2, 0.25) is 5.91 Å². The highest BCUT2D eigenvalue weighted by Gasteiger charge is 2.33. The molecule has 1 unspecified atom stereocenters. The van der Waals surface area contributed by atoms with Crippen molar-refractivity contribution in [2.24, 2.45) is 0 Å². The van der Waals surface area contributed by atoms with E-state index in [0.29, 0.717) is 26.1 Å². The molecular weight excluding hydrogens is 457 g/mol. The van der Waals surface area contributed by atoms with Gasteiger partial charge in [0.05, 0.1) is 24.8 Å². The molecule has 0 radical (unpaired) electrons. The third-order valence-electron chi connectivity index (χ3n) is 6.64. The van der Waals surface area contributed by atoms with Crippen molar-refractivity contribution in [3.05, 3.63) is 90.0 Å². The molecule has 1 aliphatic heterocycles. The van der Waals surface area contributed by atoms with Gasteiger partial charge in [-0.05, 0) is 54.8 Å². The van der Waals surface area contributed by atoms with Crippen molar-refractivity contribution in [2.75, 3.05) is 20.3 Å². The minimum Gasteiger partial charge on any atom is -0.497 e. The van der Waals surface area contributed by atoms with Gasteiger partial charge in [-0.2, -0.15) is 0 Å². The van der Waals surface area contributed by atoms with Gasteiger partial charge in [0.25, 0.3) is 0 Å². The van der Waals surface area contributed by atoms with E-state index in [-0.39, 0.29) is 17.6 Å². The lowest BCUT2D eigenvalue weighted by molar-refractivity contribution is -0.128. The Labute approximate surface area is 210 Å². The second kappa shape index (κ2) is 10.8. The third-order valence-corrected chi connectivity index (χ3v) is 6.64. The number of hydrogen-bond acceptors (Lipinski definition) is 4. The van der Waals surface area contributed by atoms with Crippen LogP contribution >= 0.6 is 0 Å². The van der Waals surface area contributed by atoms with Crippen molar-refractivity contribution >= 4 is 16.9 Å². The van der Waals surface area contributed by atoms with Gasteiger partial charge in [0.1, 0.15) is 23.1 Å². The average molecular weight is 488 g/mol. The number of fused-ring (bicyclic) bond motifs is 1. The number of methoxy groups -OCH3 is 1. The summed E-state index contributed by atoms with van der Waals surface area (Å²) in [7, 11) is 1.64. The lowest BCUT2D eigenvalue weighted by Crippen LogP contribution is -2.24. The Morgan fingerprint density at radius 2 is 1.81 bits per heavy atom. The van der Waals surface area contributed by atoms with Gasteiger partial charge in [0.15, 0.2) is 0 Å². The van der Waals surface area contributed by atoms with Crippen molar-refractivity contribution < 1.29 is 18.7 Å². The third kappa shape index (κ3) is 5.35. The highest BCUT2D eigenvalue weighted by atomic mass is 19.1. The zero-order chi connectivity index (χ0) is 24.9. The lowest BCUT2D eigenvalue weighted by atomic mass is 10.1. The maximum atomic E-state index is 13.3. The number of ether oxygens (including phenoxy) is 2. The van der Waals surface area contributed by atoms with Crippen LogP contribution in [0.5, 0.6) is 11.5 Å². The summed E-state index contributed by atoms with van der Waals surface area (Å²) in [5.41, 5.74) is 2.96. The number of benzene rings is 3. The SMILES string of the molecule is COc1cccc(OCCCCn2c(C3CC(=O)N(Cc4ccc(F)cc4)C3)nc3ccccc32)c1. The minimum absolute atomic E-state index is 0.0263. The van der Waals surface area contributed by atoms with Crippen LogP contribution in [0.2, 0.25) is 0 Å². The molecule has 6 nitrogen and oxygen atoms in total. The molecule has 5 rings (SSSR count). The largest absolute Gasteiger partial charge is 0.497 e. The van der Waals surface area contributed by atoms with E-state index in [0.717, 1.165) is 53.3 Å². The van der Waals surface area contributed by atoms with Gasteiger partial charge in [0, 0.05) is 38.0 Å². The number of likely N-dealkylation sites (tertiary alicyclic amines) is 1. The number of aryl methyl sites for hydroxylation is 1. The van der Waals surface area contributed by atoms with Crippen molar-refractivity contribution in [2.45, 2.75) is 38.3 Å². The van der Waals surface area contributed by atoms with Gasteiger partial charge in [-0.1, -0.05) is 30.3 Å². The van der Waals surface area contributed by atoms with E-state index in [9.17, 15) is 9.18 Å². The minimum atomic E-state index is -0.271. The number of imidazole rings is 1. The molecule has 186 valence electrons. The molecule has 1 atom stereocenters. The van der Waals surface area contributed by atoms with Crippen LogP contribution in [-0.2, 0) is 17.9 Å². The number of amides is 1. The summed E-state index contributed by atoms with van der Waals surface area (Å²) in [6.07, 6.45) is 2.25. The molecule has 7 heteroatoms. The monoisotopic (exact) mass is 487 g/mol. The Morgan fingerprint density at radius 3 is 2.64 bits per heavy atom. The number of halogens is 1. The number of carbonyl (C=O) groups is 1. The first-order valence-corrected chi connectivity index (χ1v) is 12.3. The second-order valence-corrected chi connectivity index (χ2v) is 9.15. The molecule has 2 heterocycles. The molecule has 1 aliphatic rings. The molecule has 36 heavy (non-hydrogen) atoms. The predicted molar refractivity (Wildman–Crippen MR) is 137 cm³/mol. The molecule has 0 N–H and O–H groups in total. The molecule has 1 fully saturated rings. The van der Waals surface area contributed by atoms with Crippen LogP contribution in [0.25, 0.3) is 11.0 Å². The number of nitrogens with zero attached hydrogens (tertiary/aromatic N) is 3. The van der Waals surface area contributed by atoms with Crippen LogP contribution in [0.15, 0.2) is 72.8 Å². The van der Waals surface area contributed by atoms with Crippen molar-refractivity contribution in [1.82, 2.24) is 14.5 Å². The molecule has 0 aliphatic carbocycles. The van der Waals surface area contributed by atoms with Crippen LogP contribution in [0, 0.1) is 5.82 Å². The quantitative estimate of drug-likeness (QED) is 0.275. The van der Waals surface area contributed by atoms with E-state index < -0.39 is 0 Å². The van der Waals surface area contributed by atoms with E-state index in [1.165, 1.54) is 12.1 Å². The molecule has 0 spiro atoms. The summed E-state index contributed by atoms with van der Waals surface area (Å²) in [5, 5.41) is 0. The highest BCUT2D eigenvalue weighted by Crippen LogP contribution is 2.31. The van der Waals surface area contributed by atoms with E-state index in [1.54, 1.807) is 19.2 Å². The van der Waals surface area contributed by atoms with E-state index >= 15 is 0 Å². The molecular formula is C29H30FN3O3. The van der Waals surface area contributed by atoms with Crippen LogP contribution < -0.4 is 9.47 Å². The number of aromatic nitrogens is 2. The average Bonchev–Trinajstić information content (AvgIpc) is 3.45. The summed E-state index contributed by atoms with van der Waals surface area (Å²) >= 11 is 0. The van der Waals surface area contributed by atoms with Crippen LogP contribution in [-0.4, -0.2) is 40.6 Å². The first-order valence-electron chi connectivity index (χ1n) is 12.3. The fourth-order valence-electron chi connectivity index (χ4n) is 4.80. The Morgan fingerprint density at radius 1 is 1.00 bits per heavy atom. The van der Waals surface area contributed by atoms with Gasteiger partial charge < -0.3 is 18.9 Å². The van der Waals surface area contributed by atoms with E-state index in [2.05, 4.69) is 10.6 Å². The Balaban J connectivity index is 1.24. The van der Waals surface area contributed by atoms with Gasteiger partial charge in [-0.15, -0.1) is 0 Å². The lowest BCUT2D eigenvalue weighted by Gasteiger charge is -2.17. The smallest absolute Gasteiger partial charge is 0.223 e. The summed E-state index contributed by atoms with van der Waals surface area (Å²) in [5.74, 6) is 2.40. The number of unbranched alkanes of at least 4 members (excludes halogenated alkanes) is 1. The number of carbonyl (C=O) groups excluding carboxylic acids is 1. The molecule has 1 saturated heterocycles. The molecule has 1 aromatic heterocycles. The van der Waals surface area contributed by atoms with Crippen LogP contribution in [0.3, 0.4) is 0 Å². The summed E-state index contributed by atoms with van der Waals surface area (Å²) in [4.78, 5) is 19.6. The Kier molecular flexibility index (Phi) is 7.16. The fourth-order valence-corrected chi connectivity index (χ4v) is 4.80. The summed E-state index contributed by atoms with van der Waals surface area (Å²) in [6.45, 7) is 2.51. The van der Waals surface area contributed by atoms with Crippen molar-refractivity contribution in [3.63, 3.8) is 0 Å². The maximum Gasteiger partial charge on any atom is 0.223 e.